The highest BCUT2D eigenvalue weighted by Crippen LogP contribution is 2.15. The topological polar surface area (TPSA) is 64.7 Å². The van der Waals surface area contributed by atoms with Crippen molar-refractivity contribution in [3.05, 3.63) is 54.6 Å². The molecule has 2 aromatic heterocycles. The zero-order chi connectivity index (χ0) is 15.2. The Labute approximate surface area is 129 Å². The molecule has 0 atom stereocenters. The highest BCUT2D eigenvalue weighted by molar-refractivity contribution is 5.40. The minimum absolute atomic E-state index is 0.831. The molecular weight excluding hydrogens is 278 g/mol. The molecule has 0 spiro atoms. The van der Waals surface area contributed by atoms with Gasteiger partial charge in [-0.15, -0.1) is 5.10 Å². The summed E-state index contributed by atoms with van der Waals surface area (Å²) in [6.45, 7) is 2.69. The molecule has 0 fully saturated rings. The largest absolute Gasteiger partial charge is 0.302 e. The molecule has 0 aliphatic carbocycles. The van der Waals surface area contributed by atoms with Gasteiger partial charge in [-0.1, -0.05) is 18.2 Å². The van der Waals surface area contributed by atoms with E-state index in [2.05, 4.69) is 50.8 Å². The van der Waals surface area contributed by atoms with Crippen LogP contribution in [0.5, 0.6) is 0 Å². The molecule has 7 nitrogen and oxygen atoms in total. The van der Waals surface area contributed by atoms with Crippen LogP contribution in [0.1, 0.15) is 12.0 Å². The predicted octanol–water partition coefficient (Wildman–Crippen LogP) is 1.38. The minimum atomic E-state index is 0.831. The summed E-state index contributed by atoms with van der Waals surface area (Å²) in [5.74, 6) is 0. The second-order valence-electron chi connectivity index (χ2n) is 5.24. The maximum atomic E-state index is 4.32. The average Bonchev–Trinajstić information content (AvgIpc) is 3.21. The van der Waals surface area contributed by atoms with Gasteiger partial charge in [0.2, 0.25) is 0 Å². The monoisotopic (exact) mass is 297 g/mol. The molecule has 0 unspecified atom stereocenters. The van der Waals surface area contributed by atoms with Crippen molar-refractivity contribution in [3.63, 3.8) is 0 Å². The fourth-order valence-electron chi connectivity index (χ4n) is 2.43. The maximum absolute atomic E-state index is 4.32. The number of rotatable bonds is 7. The van der Waals surface area contributed by atoms with Crippen LogP contribution in [0.15, 0.2) is 49.1 Å². The molecule has 0 radical (unpaired) electrons. The summed E-state index contributed by atoms with van der Waals surface area (Å²) in [5.41, 5.74) is 2.39. The van der Waals surface area contributed by atoms with Gasteiger partial charge in [-0.3, -0.25) is 0 Å². The third-order valence-corrected chi connectivity index (χ3v) is 3.50. The fourth-order valence-corrected chi connectivity index (χ4v) is 2.43. The lowest BCUT2D eigenvalue weighted by molar-refractivity contribution is 0.310. The molecule has 0 aliphatic rings. The quantitative estimate of drug-likeness (QED) is 0.659. The lowest BCUT2D eigenvalue weighted by Crippen LogP contribution is -2.21. The summed E-state index contributed by atoms with van der Waals surface area (Å²) < 4.78 is 3.66. The van der Waals surface area contributed by atoms with E-state index in [4.69, 9.17) is 0 Å². The van der Waals surface area contributed by atoms with Crippen LogP contribution < -0.4 is 0 Å². The van der Waals surface area contributed by atoms with E-state index >= 15 is 0 Å². The standard InChI is InChI=1S/C15H19N7/c1-20(9-5-10-21-13-16-18-19-21)12-14-6-2-3-7-15(14)22-11-4-8-17-22/h2-4,6-8,11,13H,5,9-10,12H2,1H3. The van der Waals surface area contributed by atoms with E-state index in [1.165, 1.54) is 5.56 Å². The minimum Gasteiger partial charge on any atom is -0.302 e. The van der Waals surface area contributed by atoms with Crippen molar-refractivity contribution in [2.75, 3.05) is 13.6 Å². The number of hydrogen-bond donors (Lipinski definition) is 0. The molecule has 22 heavy (non-hydrogen) atoms. The van der Waals surface area contributed by atoms with E-state index in [0.29, 0.717) is 0 Å². The fraction of sp³-hybridized carbons (Fsp3) is 0.333. The van der Waals surface area contributed by atoms with Gasteiger partial charge in [-0.2, -0.15) is 5.10 Å². The Morgan fingerprint density at radius 2 is 2.09 bits per heavy atom. The van der Waals surface area contributed by atoms with Gasteiger partial charge < -0.3 is 4.90 Å². The van der Waals surface area contributed by atoms with Crippen LogP contribution in [-0.4, -0.2) is 48.5 Å². The molecule has 1 aromatic carbocycles. The Hall–Kier alpha value is -2.54. The van der Waals surface area contributed by atoms with E-state index in [0.717, 1.165) is 31.7 Å². The molecule has 7 heteroatoms. The number of para-hydroxylation sites is 1. The van der Waals surface area contributed by atoms with Crippen LogP contribution in [-0.2, 0) is 13.1 Å². The first-order valence-corrected chi connectivity index (χ1v) is 7.30. The Morgan fingerprint density at radius 1 is 1.18 bits per heavy atom. The Bertz CT molecular complexity index is 676. The van der Waals surface area contributed by atoms with E-state index in [1.807, 2.05) is 23.0 Å². The number of nitrogens with zero attached hydrogens (tertiary/aromatic N) is 7. The summed E-state index contributed by atoms with van der Waals surface area (Å²) in [6, 6.07) is 10.3. The first kappa shape index (κ1) is 14.4. The third-order valence-electron chi connectivity index (χ3n) is 3.50. The SMILES string of the molecule is CN(CCCn1cnnn1)Cc1ccccc1-n1cccn1. The Morgan fingerprint density at radius 3 is 2.86 bits per heavy atom. The summed E-state index contributed by atoms with van der Waals surface area (Å²) in [5, 5.41) is 15.5. The normalized spacial score (nSPS) is 11.2. The molecule has 3 aromatic rings. The summed E-state index contributed by atoms with van der Waals surface area (Å²) in [6.07, 6.45) is 6.42. The van der Waals surface area contributed by atoms with E-state index in [-0.39, 0.29) is 0 Å². The lowest BCUT2D eigenvalue weighted by atomic mass is 10.1. The number of benzene rings is 1. The van der Waals surface area contributed by atoms with Gasteiger partial charge in [-0.25, -0.2) is 9.36 Å². The zero-order valence-corrected chi connectivity index (χ0v) is 12.6. The summed E-state index contributed by atoms with van der Waals surface area (Å²) in [4.78, 5) is 2.30. The van der Waals surface area contributed by atoms with Crippen LogP contribution in [0.4, 0.5) is 0 Å². The second kappa shape index (κ2) is 6.95. The summed E-state index contributed by atoms with van der Waals surface area (Å²) >= 11 is 0. The molecule has 0 saturated carbocycles. The Balaban J connectivity index is 1.58. The van der Waals surface area contributed by atoms with Crippen molar-refractivity contribution < 1.29 is 0 Å². The van der Waals surface area contributed by atoms with Crippen molar-refractivity contribution >= 4 is 0 Å². The van der Waals surface area contributed by atoms with E-state index < -0.39 is 0 Å². The van der Waals surface area contributed by atoms with Gasteiger partial charge >= 0.3 is 0 Å². The molecule has 114 valence electrons. The molecule has 0 N–H and O–H groups in total. The number of hydrogen-bond acceptors (Lipinski definition) is 5. The van der Waals surface area contributed by atoms with Crippen LogP contribution >= 0.6 is 0 Å². The first-order valence-electron chi connectivity index (χ1n) is 7.30. The highest BCUT2D eigenvalue weighted by Gasteiger charge is 2.07. The van der Waals surface area contributed by atoms with Crippen molar-refractivity contribution in [1.82, 2.24) is 34.9 Å². The molecule has 0 saturated heterocycles. The smallest absolute Gasteiger partial charge is 0.138 e. The summed E-state index contributed by atoms with van der Waals surface area (Å²) in [7, 11) is 2.12. The highest BCUT2D eigenvalue weighted by atomic mass is 15.5. The number of tetrazole rings is 1. The predicted molar refractivity (Wildman–Crippen MR) is 82.3 cm³/mol. The van der Waals surface area contributed by atoms with Gasteiger partial charge in [0.15, 0.2) is 0 Å². The van der Waals surface area contributed by atoms with Gasteiger partial charge in [-0.05, 0) is 48.1 Å². The average molecular weight is 297 g/mol. The number of aryl methyl sites for hydroxylation is 1. The Kier molecular flexibility index (Phi) is 4.55. The third kappa shape index (κ3) is 3.56. The molecule has 0 bridgehead atoms. The zero-order valence-electron chi connectivity index (χ0n) is 12.6. The molecule has 2 heterocycles. The van der Waals surface area contributed by atoms with E-state index in [9.17, 15) is 0 Å². The first-order chi connectivity index (χ1) is 10.8. The van der Waals surface area contributed by atoms with Crippen LogP contribution in [0.3, 0.4) is 0 Å². The van der Waals surface area contributed by atoms with Crippen LogP contribution in [0.2, 0.25) is 0 Å². The molecule has 0 aliphatic heterocycles. The van der Waals surface area contributed by atoms with Gasteiger partial charge in [0, 0.05) is 25.5 Å². The molecular formula is C15H19N7. The van der Waals surface area contributed by atoms with Crippen molar-refractivity contribution in [2.45, 2.75) is 19.5 Å². The van der Waals surface area contributed by atoms with Crippen LogP contribution in [0.25, 0.3) is 5.69 Å². The number of aromatic nitrogens is 6. The van der Waals surface area contributed by atoms with Crippen molar-refractivity contribution in [1.29, 1.82) is 0 Å². The second-order valence-corrected chi connectivity index (χ2v) is 5.24. The van der Waals surface area contributed by atoms with Gasteiger partial charge in [0.1, 0.15) is 6.33 Å². The van der Waals surface area contributed by atoms with Gasteiger partial charge in [0.05, 0.1) is 5.69 Å². The molecule has 0 amide bonds. The van der Waals surface area contributed by atoms with Gasteiger partial charge in [0.25, 0.3) is 0 Å². The van der Waals surface area contributed by atoms with Crippen molar-refractivity contribution in [3.8, 4) is 5.69 Å². The van der Waals surface area contributed by atoms with Crippen LogP contribution in [0, 0.1) is 0 Å². The molecule has 3 rings (SSSR count). The van der Waals surface area contributed by atoms with E-state index in [1.54, 1.807) is 17.2 Å². The maximum Gasteiger partial charge on any atom is 0.138 e. The van der Waals surface area contributed by atoms with Crippen molar-refractivity contribution in [2.24, 2.45) is 0 Å². The lowest BCUT2D eigenvalue weighted by Gasteiger charge is -2.18.